The van der Waals surface area contributed by atoms with Crippen LogP contribution >= 0.6 is 23.5 Å². The summed E-state index contributed by atoms with van der Waals surface area (Å²) >= 11 is 3.70. The molecule has 4 nitrogen and oxygen atoms in total. The molecule has 2 N–H and O–H groups in total. The van der Waals surface area contributed by atoms with E-state index < -0.39 is 5.41 Å². The van der Waals surface area contributed by atoms with E-state index in [1.54, 1.807) is 0 Å². The molecule has 2 aliphatic rings. The number of rotatable bonds is 2. The molecule has 2 aromatic heterocycles. The summed E-state index contributed by atoms with van der Waals surface area (Å²) in [6.07, 6.45) is 1.86. The van der Waals surface area contributed by atoms with Crippen LogP contribution in [0.15, 0.2) is 129 Å². The molecular formula is C31H20N4S2. The van der Waals surface area contributed by atoms with Crippen LogP contribution in [0.3, 0.4) is 0 Å². The van der Waals surface area contributed by atoms with Crippen molar-refractivity contribution in [1.29, 1.82) is 0 Å². The van der Waals surface area contributed by atoms with E-state index in [9.17, 15) is 0 Å². The van der Waals surface area contributed by atoms with Crippen LogP contribution in [0, 0.1) is 0 Å². The third-order valence-electron chi connectivity index (χ3n) is 7.37. The van der Waals surface area contributed by atoms with Gasteiger partial charge in [-0.2, -0.15) is 0 Å². The maximum Gasteiger partial charge on any atom is 0.174 e. The molecule has 0 atom stereocenters. The van der Waals surface area contributed by atoms with Crippen molar-refractivity contribution in [2.24, 2.45) is 0 Å². The van der Waals surface area contributed by atoms with Crippen LogP contribution in [0.1, 0.15) is 22.3 Å². The van der Waals surface area contributed by atoms with E-state index in [0.717, 1.165) is 22.6 Å². The highest BCUT2D eigenvalue weighted by Gasteiger charge is 2.48. The molecule has 0 amide bonds. The Hall–Kier alpha value is -4.00. The predicted octanol–water partition coefficient (Wildman–Crippen LogP) is 7.78. The van der Waals surface area contributed by atoms with Crippen LogP contribution in [0.2, 0.25) is 0 Å². The van der Waals surface area contributed by atoms with E-state index in [2.05, 4.69) is 111 Å². The van der Waals surface area contributed by atoms with Crippen LogP contribution in [0.25, 0.3) is 22.6 Å². The number of pyridine rings is 1. The molecule has 0 saturated carbocycles. The van der Waals surface area contributed by atoms with Crippen LogP contribution in [-0.2, 0) is 5.41 Å². The first-order valence-corrected chi connectivity index (χ1v) is 13.8. The summed E-state index contributed by atoms with van der Waals surface area (Å²) in [5.41, 5.74) is 8.08. The molecule has 0 saturated heterocycles. The zero-order valence-electron chi connectivity index (χ0n) is 19.6. The molecule has 4 aromatic carbocycles. The lowest BCUT2D eigenvalue weighted by atomic mass is 9.64. The molecule has 0 radical (unpaired) electrons. The Bertz CT molecular complexity index is 1750. The second-order valence-corrected chi connectivity index (χ2v) is 11.4. The van der Waals surface area contributed by atoms with E-state index >= 15 is 0 Å². The van der Waals surface area contributed by atoms with Gasteiger partial charge in [-0.05, 0) is 58.7 Å². The fraction of sp³-hybridized carbons (Fsp3) is 0.0323. The van der Waals surface area contributed by atoms with E-state index in [1.165, 1.54) is 41.8 Å². The number of aromatic amines is 2. The summed E-state index contributed by atoms with van der Waals surface area (Å²) in [6, 6.07) is 37.5. The fourth-order valence-corrected chi connectivity index (χ4v) is 8.22. The van der Waals surface area contributed by atoms with Gasteiger partial charge < -0.3 is 0 Å². The fourth-order valence-electron chi connectivity index (χ4n) is 5.76. The van der Waals surface area contributed by atoms with Gasteiger partial charge in [0.2, 0.25) is 0 Å². The summed E-state index contributed by atoms with van der Waals surface area (Å²) < 4.78 is 0. The average Bonchev–Trinajstić information content (AvgIpc) is 2.92. The van der Waals surface area contributed by atoms with E-state index in [-0.39, 0.29) is 0 Å². The molecule has 0 fully saturated rings. The van der Waals surface area contributed by atoms with Gasteiger partial charge in [-0.1, -0.05) is 90.3 Å². The van der Waals surface area contributed by atoms with Crippen molar-refractivity contribution in [3.63, 3.8) is 0 Å². The van der Waals surface area contributed by atoms with E-state index in [1.807, 2.05) is 41.9 Å². The Morgan fingerprint density at radius 3 is 1.76 bits per heavy atom. The summed E-state index contributed by atoms with van der Waals surface area (Å²) in [4.78, 5) is 9.74. The second-order valence-electron chi connectivity index (χ2n) is 9.28. The molecular weight excluding hydrogens is 493 g/mol. The number of nitrogens with zero attached hydrogens (tertiary/aromatic N) is 2. The molecule has 0 unspecified atom stereocenters. The Kier molecular flexibility index (Phi) is 4.57. The van der Waals surface area contributed by atoms with Crippen molar-refractivity contribution in [3.8, 4) is 22.6 Å². The third kappa shape index (κ3) is 3.00. The van der Waals surface area contributed by atoms with Crippen LogP contribution < -0.4 is 0 Å². The number of aromatic nitrogens is 4. The Labute approximate surface area is 222 Å². The molecule has 6 heteroatoms. The highest BCUT2D eigenvalue weighted by Crippen LogP contribution is 2.62. The van der Waals surface area contributed by atoms with Crippen molar-refractivity contribution < 1.29 is 0 Å². The lowest BCUT2D eigenvalue weighted by Crippen LogP contribution is -2.36. The normalized spacial score (nSPS) is 14.5. The highest BCUT2D eigenvalue weighted by atomic mass is 32.2. The van der Waals surface area contributed by atoms with Crippen LogP contribution in [0.5, 0.6) is 0 Å². The largest absolute Gasteiger partial charge is 0.266 e. The maximum atomic E-state index is 4.63. The lowest BCUT2D eigenvalue weighted by molar-refractivity contribution is 0.667. The topological polar surface area (TPSA) is 57.4 Å². The number of fused-ring (bicyclic) bond motifs is 8. The van der Waals surface area contributed by atoms with Crippen molar-refractivity contribution in [3.05, 3.63) is 132 Å². The minimum atomic E-state index is -0.414. The summed E-state index contributed by atoms with van der Waals surface area (Å²) in [5.74, 6) is 0.866. The molecule has 2 aliphatic heterocycles. The Morgan fingerprint density at radius 2 is 1.14 bits per heavy atom. The van der Waals surface area contributed by atoms with Gasteiger partial charge >= 0.3 is 0 Å². The molecule has 8 rings (SSSR count). The number of nitrogens with one attached hydrogen (secondary N) is 2. The highest BCUT2D eigenvalue weighted by molar-refractivity contribution is 8.00. The predicted molar refractivity (Wildman–Crippen MR) is 148 cm³/mol. The standard InChI is InChI=1S/C31H20N4S2/c1-3-10-26-21(7-1)31(22-8-2-4-11-27(22)36-26)23-14-12-19(25-9-5-6-16-32-25)17-28(23)37-29-18-20(13-15-24(29)31)30-33-35-34-30/h1-18,35H,(H,33,34). The minimum absolute atomic E-state index is 0.414. The smallest absolute Gasteiger partial charge is 0.174 e. The average molecular weight is 513 g/mol. The molecule has 37 heavy (non-hydrogen) atoms. The minimum Gasteiger partial charge on any atom is -0.266 e. The van der Waals surface area contributed by atoms with E-state index in [0.29, 0.717) is 0 Å². The second kappa shape index (κ2) is 8.00. The number of H-pyrrole nitrogens is 2. The summed E-state index contributed by atoms with van der Waals surface area (Å²) in [5, 5.41) is 10.2. The zero-order valence-corrected chi connectivity index (χ0v) is 21.2. The monoisotopic (exact) mass is 512 g/mol. The molecule has 6 aromatic rings. The molecule has 0 aliphatic carbocycles. The van der Waals surface area contributed by atoms with Gasteiger partial charge in [-0.3, -0.25) is 10.1 Å². The van der Waals surface area contributed by atoms with Gasteiger partial charge in [0.15, 0.2) is 5.82 Å². The van der Waals surface area contributed by atoms with Gasteiger partial charge in [0.05, 0.1) is 11.1 Å². The van der Waals surface area contributed by atoms with E-state index in [4.69, 9.17) is 0 Å². The Balaban J connectivity index is 1.47. The summed E-state index contributed by atoms with van der Waals surface area (Å²) in [7, 11) is 0. The van der Waals surface area contributed by atoms with Gasteiger partial charge in [0.25, 0.3) is 0 Å². The number of hydrogen-bond acceptors (Lipinski definition) is 4. The van der Waals surface area contributed by atoms with Gasteiger partial charge in [-0.15, -0.1) is 5.10 Å². The van der Waals surface area contributed by atoms with Gasteiger partial charge in [-0.25, -0.2) is 5.21 Å². The first-order valence-electron chi connectivity index (χ1n) is 12.2. The summed E-state index contributed by atoms with van der Waals surface area (Å²) in [6.45, 7) is 0. The number of hydrogen-bond donors (Lipinski definition) is 2. The van der Waals surface area contributed by atoms with Gasteiger partial charge in [0, 0.05) is 36.9 Å². The van der Waals surface area contributed by atoms with Crippen LogP contribution in [0.4, 0.5) is 0 Å². The van der Waals surface area contributed by atoms with Gasteiger partial charge in [0.1, 0.15) is 0 Å². The first kappa shape index (κ1) is 21.1. The van der Waals surface area contributed by atoms with Crippen molar-refractivity contribution in [2.75, 3.05) is 0 Å². The first-order chi connectivity index (χ1) is 18.3. The molecule has 1 spiro atoms. The van der Waals surface area contributed by atoms with Crippen LogP contribution in [-0.4, -0.2) is 20.4 Å². The molecule has 176 valence electrons. The molecule has 0 bridgehead atoms. The lowest BCUT2D eigenvalue weighted by Gasteiger charge is -2.45. The molecule has 4 heterocycles. The van der Waals surface area contributed by atoms with Crippen molar-refractivity contribution in [1.82, 2.24) is 20.4 Å². The SMILES string of the molecule is c1ccc(-c2ccc3c(c2)Sc2cc(-c4n[nH][nH]4)ccc2C32c3ccccc3Sc3ccccc32)nc1. The Morgan fingerprint density at radius 1 is 0.568 bits per heavy atom. The number of benzene rings is 4. The van der Waals surface area contributed by atoms with Crippen molar-refractivity contribution >= 4 is 23.5 Å². The zero-order chi connectivity index (χ0) is 24.4. The quantitative estimate of drug-likeness (QED) is 0.248. The van der Waals surface area contributed by atoms with Crippen molar-refractivity contribution in [2.45, 2.75) is 25.0 Å². The maximum absolute atomic E-state index is 4.63. The third-order valence-corrected chi connectivity index (χ3v) is 9.64.